The van der Waals surface area contributed by atoms with Crippen LogP contribution in [0.15, 0.2) is 47.6 Å². The second-order valence-corrected chi connectivity index (χ2v) is 7.52. The Morgan fingerprint density at radius 1 is 1.17 bits per heavy atom. The van der Waals surface area contributed by atoms with Crippen molar-refractivity contribution in [3.8, 4) is 5.75 Å². The first-order valence-electron chi connectivity index (χ1n) is 8.95. The molecule has 0 aliphatic carbocycles. The lowest BCUT2D eigenvalue weighted by molar-refractivity contribution is -0.118. The number of nitrogen functional groups attached to an aromatic ring is 1. The van der Waals surface area contributed by atoms with Gasteiger partial charge in [0.2, 0.25) is 11.1 Å². The number of halogens is 1. The smallest absolute Gasteiger partial charge is 0.230 e. The molecular weight excluding hydrogens is 393 g/mol. The molecule has 0 aliphatic heterocycles. The van der Waals surface area contributed by atoms with E-state index in [0.29, 0.717) is 17.5 Å². The fourth-order valence-corrected chi connectivity index (χ4v) is 3.36. The molecule has 0 fully saturated rings. The van der Waals surface area contributed by atoms with Gasteiger partial charge in [0, 0.05) is 6.54 Å². The van der Waals surface area contributed by atoms with E-state index in [4.69, 9.17) is 10.6 Å². The first-order chi connectivity index (χ1) is 13.9. The standard InChI is InChI=1S/C20H22FN5O2S/c1-13-7-14(2)9-17(8-13)28-11-18-24-25-20(26(18)22)29-12-19(27)23-10-15-3-5-16(21)6-4-15/h3-9H,10-12,22H2,1-2H3,(H,23,27). The van der Waals surface area contributed by atoms with E-state index in [0.717, 1.165) is 22.4 Å². The number of aromatic nitrogens is 3. The number of benzene rings is 2. The van der Waals surface area contributed by atoms with Crippen LogP contribution in [-0.2, 0) is 17.9 Å². The number of nitrogens with two attached hydrogens (primary N) is 1. The van der Waals surface area contributed by atoms with Crippen molar-refractivity contribution >= 4 is 17.7 Å². The highest BCUT2D eigenvalue weighted by Crippen LogP contribution is 2.19. The SMILES string of the molecule is Cc1cc(C)cc(OCc2nnc(SCC(=O)NCc3ccc(F)cc3)n2N)c1. The van der Waals surface area contributed by atoms with Gasteiger partial charge in [0.15, 0.2) is 5.82 Å². The zero-order chi connectivity index (χ0) is 20.8. The van der Waals surface area contributed by atoms with Crippen molar-refractivity contribution in [2.24, 2.45) is 0 Å². The van der Waals surface area contributed by atoms with Crippen molar-refractivity contribution in [2.75, 3.05) is 11.6 Å². The Kier molecular flexibility index (Phi) is 6.71. The van der Waals surface area contributed by atoms with Crippen LogP contribution in [0.2, 0.25) is 0 Å². The van der Waals surface area contributed by atoms with E-state index in [9.17, 15) is 9.18 Å². The fraction of sp³-hybridized carbons (Fsp3) is 0.250. The summed E-state index contributed by atoms with van der Waals surface area (Å²) in [6.07, 6.45) is 0. The van der Waals surface area contributed by atoms with Crippen LogP contribution in [0.5, 0.6) is 5.75 Å². The number of ether oxygens (including phenoxy) is 1. The molecule has 0 radical (unpaired) electrons. The molecule has 3 rings (SSSR count). The van der Waals surface area contributed by atoms with Crippen LogP contribution in [-0.4, -0.2) is 26.5 Å². The van der Waals surface area contributed by atoms with Crippen molar-refractivity contribution in [3.05, 3.63) is 70.8 Å². The molecule has 152 valence electrons. The number of rotatable bonds is 8. The highest BCUT2D eigenvalue weighted by atomic mass is 32.2. The van der Waals surface area contributed by atoms with Gasteiger partial charge < -0.3 is 15.9 Å². The maximum Gasteiger partial charge on any atom is 0.230 e. The minimum Gasteiger partial charge on any atom is -0.486 e. The molecule has 0 spiro atoms. The maximum atomic E-state index is 12.9. The van der Waals surface area contributed by atoms with Crippen LogP contribution in [0.25, 0.3) is 0 Å². The molecule has 3 N–H and O–H groups in total. The van der Waals surface area contributed by atoms with Crippen molar-refractivity contribution in [1.82, 2.24) is 20.2 Å². The number of nitrogens with one attached hydrogen (secondary N) is 1. The molecule has 0 bridgehead atoms. The second kappa shape index (κ2) is 9.42. The van der Waals surface area contributed by atoms with Crippen LogP contribution < -0.4 is 15.9 Å². The predicted octanol–water partition coefficient (Wildman–Crippen LogP) is 2.74. The summed E-state index contributed by atoms with van der Waals surface area (Å²) in [6.45, 7) is 4.50. The first kappa shape index (κ1) is 20.7. The molecule has 0 atom stereocenters. The van der Waals surface area contributed by atoms with Crippen molar-refractivity contribution in [1.29, 1.82) is 0 Å². The summed E-state index contributed by atoms with van der Waals surface area (Å²) in [5.41, 5.74) is 3.03. The summed E-state index contributed by atoms with van der Waals surface area (Å²) in [6, 6.07) is 11.9. The number of amides is 1. The van der Waals surface area contributed by atoms with E-state index in [-0.39, 0.29) is 24.1 Å². The van der Waals surface area contributed by atoms with Crippen molar-refractivity contribution in [3.63, 3.8) is 0 Å². The van der Waals surface area contributed by atoms with Gasteiger partial charge in [0.25, 0.3) is 0 Å². The van der Waals surface area contributed by atoms with Crippen LogP contribution >= 0.6 is 11.8 Å². The number of thioether (sulfide) groups is 1. The molecule has 2 aromatic carbocycles. The van der Waals surface area contributed by atoms with Crippen LogP contribution in [0.1, 0.15) is 22.5 Å². The third-order valence-corrected chi connectivity index (χ3v) is 4.98. The van der Waals surface area contributed by atoms with E-state index < -0.39 is 0 Å². The highest BCUT2D eigenvalue weighted by Gasteiger charge is 2.13. The molecular formula is C20H22FN5O2S. The quantitative estimate of drug-likeness (QED) is 0.434. The number of hydrogen-bond acceptors (Lipinski definition) is 6. The summed E-state index contributed by atoms with van der Waals surface area (Å²) >= 11 is 1.18. The maximum absolute atomic E-state index is 12.9. The lowest BCUT2D eigenvalue weighted by atomic mass is 10.1. The van der Waals surface area contributed by atoms with E-state index in [1.807, 2.05) is 26.0 Å². The first-order valence-corrected chi connectivity index (χ1v) is 9.93. The van der Waals surface area contributed by atoms with Crippen LogP contribution in [0, 0.1) is 19.7 Å². The Morgan fingerprint density at radius 3 is 2.55 bits per heavy atom. The fourth-order valence-electron chi connectivity index (χ4n) is 2.65. The summed E-state index contributed by atoms with van der Waals surface area (Å²) < 4.78 is 20.0. The van der Waals surface area contributed by atoms with Gasteiger partial charge in [-0.05, 0) is 54.8 Å². The van der Waals surface area contributed by atoms with E-state index in [1.165, 1.54) is 28.6 Å². The largest absolute Gasteiger partial charge is 0.486 e. The highest BCUT2D eigenvalue weighted by molar-refractivity contribution is 7.99. The Bertz CT molecular complexity index is 971. The van der Waals surface area contributed by atoms with E-state index in [2.05, 4.69) is 21.6 Å². The van der Waals surface area contributed by atoms with Gasteiger partial charge in [-0.25, -0.2) is 9.07 Å². The molecule has 9 heteroatoms. The molecule has 0 aliphatic rings. The third kappa shape index (κ3) is 5.95. The van der Waals surface area contributed by atoms with Gasteiger partial charge in [0.1, 0.15) is 18.2 Å². The molecule has 1 heterocycles. The molecule has 1 aromatic heterocycles. The van der Waals surface area contributed by atoms with Gasteiger partial charge in [0.05, 0.1) is 5.75 Å². The number of aryl methyl sites for hydroxylation is 2. The summed E-state index contributed by atoms with van der Waals surface area (Å²) in [5.74, 6) is 6.85. The Morgan fingerprint density at radius 2 is 1.86 bits per heavy atom. The number of carbonyl (C=O) groups excluding carboxylic acids is 1. The second-order valence-electron chi connectivity index (χ2n) is 6.57. The third-order valence-electron chi connectivity index (χ3n) is 4.03. The molecule has 0 unspecified atom stereocenters. The topological polar surface area (TPSA) is 95.1 Å². The summed E-state index contributed by atoms with van der Waals surface area (Å²) in [7, 11) is 0. The van der Waals surface area contributed by atoms with E-state index in [1.54, 1.807) is 12.1 Å². The number of hydrogen-bond donors (Lipinski definition) is 2. The van der Waals surface area contributed by atoms with Crippen molar-refractivity contribution in [2.45, 2.75) is 32.2 Å². The molecule has 7 nitrogen and oxygen atoms in total. The van der Waals surface area contributed by atoms with Gasteiger partial charge in [-0.15, -0.1) is 10.2 Å². The lowest BCUT2D eigenvalue weighted by Crippen LogP contribution is -2.25. The Balaban J connectivity index is 1.48. The van der Waals surface area contributed by atoms with Crippen LogP contribution in [0.4, 0.5) is 4.39 Å². The summed E-state index contributed by atoms with van der Waals surface area (Å²) in [4.78, 5) is 12.0. The average Bonchev–Trinajstić information content (AvgIpc) is 3.03. The number of carbonyl (C=O) groups is 1. The summed E-state index contributed by atoms with van der Waals surface area (Å²) in [5, 5.41) is 11.2. The zero-order valence-corrected chi connectivity index (χ0v) is 17.0. The average molecular weight is 415 g/mol. The lowest BCUT2D eigenvalue weighted by Gasteiger charge is -2.08. The molecule has 3 aromatic rings. The predicted molar refractivity (Wildman–Crippen MR) is 109 cm³/mol. The molecule has 0 saturated carbocycles. The van der Waals surface area contributed by atoms with E-state index >= 15 is 0 Å². The van der Waals surface area contributed by atoms with Gasteiger partial charge in [-0.1, -0.05) is 30.0 Å². The molecule has 1 amide bonds. The van der Waals surface area contributed by atoms with Gasteiger partial charge in [-0.3, -0.25) is 4.79 Å². The van der Waals surface area contributed by atoms with Crippen molar-refractivity contribution < 1.29 is 13.9 Å². The minimum absolute atomic E-state index is 0.133. The monoisotopic (exact) mass is 415 g/mol. The normalized spacial score (nSPS) is 10.7. The van der Waals surface area contributed by atoms with Gasteiger partial charge >= 0.3 is 0 Å². The molecule has 29 heavy (non-hydrogen) atoms. The Labute approximate surface area is 172 Å². The minimum atomic E-state index is -0.310. The van der Waals surface area contributed by atoms with Gasteiger partial charge in [-0.2, -0.15) is 0 Å². The Hall–Kier alpha value is -3.07. The number of nitrogens with zero attached hydrogens (tertiary/aromatic N) is 3. The molecule has 0 saturated heterocycles. The van der Waals surface area contributed by atoms with Crippen LogP contribution in [0.3, 0.4) is 0 Å². The zero-order valence-electron chi connectivity index (χ0n) is 16.2.